The van der Waals surface area contributed by atoms with Crippen LogP contribution in [0.1, 0.15) is 40.0 Å². The molecule has 5 atom stereocenters. The van der Waals surface area contributed by atoms with Gasteiger partial charge in [-0.1, -0.05) is 27.2 Å². The minimum Gasteiger partial charge on any atom is -0.379 e. The van der Waals surface area contributed by atoms with Crippen molar-refractivity contribution in [2.45, 2.75) is 52.1 Å². The van der Waals surface area contributed by atoms with E-state index in [0.717, 1.165) is 18.9 Å². The van der Waals surface area contributed by atoms with Gasteiger partial charge in [0.1, 0.15) is 0 Å². The Morgan fingerprint density at radius 2 is 2.00 bits per heavy atom. The highest BCUT2D eigenvalue weighted by Gasteiger charge is 2.37. The SMILES string of the molecule is CCNC1COCC1C(=O)NC1CCC(CC)C1C. The van der Waals surface area contributed by atoms with Crippen LogP contribution in [0.2, 0.25) is 0 Å². The van der Waals surface area contributed by atoms with Crippen LogP contribution in [0.25, 0.3) is 0 Å². The number of hydrogen-bond donors (Lipinski definition) is 2. The summed E-state index contributed by atoms with van der Waals surface area (Å²) in [5.41, 5.74) is 0. The number of amides is 1. The lowest BCUT2D eigenvalue weighted by Gasteiger charge is -2.24. The minimum absolute atomic E-state index is 0.0205. The number of rotatable bonds is 5. The summed E-state index contributed by atoms with van der Waals surface area (Å²) < 4.78 is 5.45. The first-order valence-corrected chi connectivity index (χ1v) is 7.78. The van der Waals surface area contributed by atoms with Gasteiger partial charge in [-0.15, -0.1) is 0 Å². The van der Waals surface area contributed by atoms with Crippen molar-refractivity contribution in [2.24, 2.45) is 17.8 Å². The lowest BCUT2D eigenvalue weighted by atomic mass is 9.93. The Labute approximate surface area is 116 Å². The molecule has 2 aliphatic rings. The van der Waals surface area contributed by atoms with Gasteiger partial charge in [0.15, 0.2) is 0 Å². The third-order valence-electron chi connectivity index (χ3n) is 4.96. The summed E-state index contributed by atoms with van der Waals surface area (Å²) in [6.07, 6.45) is 3.60. The van der Waals surface area contributed by atoms with Crippen LogP contribution in [0.3, 0.4) is 0 Å². The van der Waals surface area contributed by atoms with Crippen LogP contribution in [0, 0.1) is 17.8 Å². The molecular formula is C15H28N2O2. The lowest BCUT2D eigenvalue weighted by molar-refractivity contribution is -0.126. The number of nitrogens with one attached hydrogen (secondary N) is 2. The third kappa shape index (κ3) is 3.29. The van der Waals surface area contributed by atoms with Gasteiger partial charge in [0.05, 0.1) is 19.1 Å². The average Bonchev–Trinajstić information content (AvgIpc) is 2.98. The quantitative estimate of drug-likeness (QED) is 0.795. The Morgan fingerprint density at radius 3 is 2.63 bits per heavy atom. The highest BCUT2D eigenvalue weighted by atomic mass is 16.5. The monoisotopic (exact) mass is 268 g/mol. The second-order valence-corrected chi connectivity index (χ2v) is 6.03. The molecule has 0 bridgehead atoms. The number of likely N-dealkylation sites (N-methyl/N-ethyl adjacent to an activating group) is 1. The van der Waals surface area contributed by atoms with Gasteiger partial charge in [-0.05, 0) is 31.2 Å². The highest BCUT2D eigenvalue weighted by Crippen LogP contribution is 2.34. The summed E-state index contributed by atoms with van der Waals surface area (Å²) in [5.74, 6) is 1.54. The van der Waals surface area contributed by atoms with E-state index in [4.69, 9.17) is 4.74 Å². The van der Waals surface area contributed by atoms with Crippen molar-refractivity contribution in [3.8, 4) is 0 Å². The standard InChI is InChI=1S/C15H28N2O2/c1-4-11-6-7-13(10(11)3)17-15(18)12-8-19-9-14(12)16-5-2/h10-14,16H,4-9H2,1-3H3,(H,17,18). The van der Waals surface area contributed by atoms with Crippen molar-refractivity contribution in [3.05, 3.63) is 0 Å². The van der Waals surface area contributed by atoms with Crippen LogP contribution >= 0.6 is 0 Å². The van der Waals surface area contributed by atoms with E-state index in [0.29, 0.717) is 25.2 Å². The lowest BCUT2D eigenvalue weighted by Crippen LogP contribution is -2.47. The van der Waals surface area contributed by atoms with E-state index in [1.807, 2.05) is 0 Å². The molecule has 1 saturated heterocycles. The maximum atomic E-state index is 12.4. The van der Waals surface area contributed by atoms with Crippen LogP contribution < -0.4 is 10.6 Å². The molecule has 1 aliphatic carbocycles. The van der Waals surface area contributed by atoms with E-state index in [1.54, 1.807) is 0 Å². The fraction of sp³-hybridized carbons (Fsp3) is 0.933. The molecule has 19 heavy (non-hydrogen) atoms. The van der Waals surface area contributed by atoms with Crippen LogP contribution in [0.15, 0.2) is 0 Å². The van der Waals surface area contributed by atoms with Crippen LogP contribution in [-0.4, -0.2) is 37.7 Å². The minimum atomic E-state index is -0.0205. The summed E-state index contributed by atoms with van der Waals surface area (Å²) in [5, 5.41) is 6.61. The summed E-state index contributed by atoms with van der Waals surface area (Å²) in [4.78, 5) is 12.4. The number of carbonyl (C=O) groups excluding carboxylic acids is 1. The molecule has 2 fully saturated rings. The topological polar surface area (TPSA) is 50.4 Å². The van der Waals surface area contributed by atoms with Gasteiger partial charge in [0.2, 0.25) is 5.91 Å². The van der Waals surface area contributed by atoms with Crippen LogP contribution in [-0.2, 0) is 9.53 Å². The Bertz CT molecular complexity index is 309. The van der Waals surface area contributed by atoms with E-state index in [9.17, 15) is 4.79 Å². The molecule has 0 aromatic rings. The average molecular weight is 268 g/mol. The molecule has 2 N–H and O–H groups in total. The summed E-state index contributed by atoms with van der Waals surface area (Å²) in [6.45, 7) is 8.69. The van der Waals surface area contributed by atoms with Gasteiger partial charge >= 0.3 is 0 Å². The fourth-order valence-corrected chi connectivity index (χ4v) is 3.59. The zero-order chi connectivity index (χ0) is 13.8. The second kappa shape index (κ2) is 6.71. The Hall–Kier alpha value is -0.610. The van der Waals surface area contributed by atoms with E-state index < -0.39 is 0 Å². The second-order valence-electron chi connectivity index (χ2n) is 6.03. The molecule has 2 rings (SSSR count). The third-order valence-corrected chi connectivity index (χ3v) is 4.96. The van der Waals surface area contributed by atoms with Crippen LogP contribution in [0.4, 0.5) is 0 Å². The Morgan fingerprint density at radius 1 is 1.21 bits per heavy atom. The summed E-state index contributed by atoms with van der Waals surface area (Å²) in [7, 11) is 0. The highest BCUT2D eigenvalue weighted by molar-refractivity contribution is 5.80. The van der Waals surface area contributed by atoms with Crippen LogP contribution in [0.5, 0.6) is 0 Å². The molecule has 5 unspecified atom stereocenters. The van der Waals surface area contributed by atoms with Gasteiger partial charge in [0.25, 0.3) is 0 Å². The molecule has 4 nitrogen and oxygen atoms in total. The molecule has 1 heterocycles. The first-order chi connectivity index (χ1) is 9.17. The zero-order valence-electron chi connectivity index (χ0n) is 12.4. The molecular weight excluding hydrogens is 240 g/mol. The van der Waals surface area contributed by atoms with Crippen molar-refractivity contribution >= 4 is 5.91 Å². The van der Waals surface area contributed by atoms with Crippen molar-refractivity contribution in [1.82, 2.24) is 10.6 Å². The van der Waals surface area contributed by atoms with Crippen molar-refractivity contribution < 1.29 is 9.53 Å². The number of ether oxygens (including phenoxy) is 1. The first kappa shape index (κ1) is 14.8. The molecule has 0 aromatic heterocycles. The molecule has 1 saturated carbocycles. The van der Waals surface area contributed by atoms with Gasteiger partial charge in [-0.25, -0.2) is 0 Å². The maximum absolute atomic E-state index is 12.4. The molecule has 110 valence electrons. The molecule has 1 aliphatic heterocycles. The van der Waals surface area contributed by atoms with Crippen molar-refractivity contribution in [3.63, 3.8) is 0 Å². The van der Waals surface area contributed by atoms with E-state index in [1.165, 1.54) is 12.8 Å². The predicted molar refractivity (Wildman–Crippen MR) is 75.9 cm³/mol. The Balaban J connectivity index is 1.87. The smallest absolute Gasteiger partial charge is 0.227 e. The van der Waals surface area contributed by atoms with Gasteiger partial charge in [0, 0.05) is 12.1 Å². The van der Waals surface area contributed by atoms with Crippen molar-refractivity contribution in [1.29, 1.82) is 0 Å². The number of hydrogen-bond acceptors (Lipinski definition) is 3. The fourth-order valence-electron chi connectivity index (χ4n) is 3.59. The molecule has 0 radical (unpaired) electrons. The van der Waals surface area contributed by atoms with E-state index >= 15 is 0 Å². The zero-order valence-corrected chi connectivity index (χ0v) is 12.4. The molecule has 0 aromatic carbocycles. The largest absolute Gasteiger partial charge is 0.379 e. The van der Waals surface area contributed by atoms with Gasteiger partial charge in [-0.3, -0.25) is 4.79 Å². The Kier molecular flexibility index (Phi) is 5.22. The molecule has 4 heteroatoms. The summed E-state index contributed by atoms with van der Waals surface area (Å²) in [6, 6.07) is 0.545. The van der Waals surface area contributed by atoms with E-state index in [-0.39, 0.29) is 17.9 Å². The normalized spacial score (nSPS) is 38.6. The maximum Gasteiger partial charge on any atom is 0.227 e. The predicted octanol–water partition coefficient (Wildman–Crippen LogP) is 1.55. The first-order valence-electron chi connectivity index (χ1n) is 7.78. The number of carbonyl (C=O) groups is 1. The summed E-state index contributed by atoms with van der Waals surface area (Å²) >= 11 is 0. The van der Waals surface area contributed by atoms with E-state index in [2.05, 4.69) is 31.4 Å². The molecule has 0 spiro atoms. The van der Waals surface area contributed by atoms with Gasteiger partial charge in [-0.2, -0.15) is 0 Å². The van der Waals surface area contributed by atoms with Crippen molar-refractivity contribution in [2.75, 3.05) is 19.8 Å². The van der Waals surface area contributed by atoms with Gasteiger partial charge < -0.3 is 15.4 Å². The molecule has 1 amide bonds.